The summed E-state index contributed by atoms with van der Waals surface area (Å²) >= 11 is 11.9. The quantitative estimate of drug-likeness (QED) is 0.242. The lowest BCUT2D eigenvalue weighted by Crippen LogP contribution is -2.03. The molecule has 0 aliphatic heterocycles. The monoisotopic (exact) mass is 489 g/mol. The number of benzene rings is 3. The van der Waals surface area contributed by atoms with Crippen LogP contribution < -0.4 is 9.47 Å². The third-order valence-electron chi connectivity index (χ3n) is 4.85. The molecule has 0 bridgehead atoms. The van der Waals surface area contributed by atoms with Crippen LogP contribution in [0, 0.1) is 16.1 Å². The fraction of sp³-hybridized carbons (Fsp3) is 0.120. The normalized spacial score (nSPS) is 10.9. The predicted molar refractivity (Wildman–Crippen MR) is 134 cm³/mol. The summed E-state index contributed by atoms with van der Waals surface area (Å²) in [5.74, 6) is 1.47. The van der Waals surface area contributed by atoms with E-state index >= 15 is 0 Å². The molecular weight excluding hydrogens is 470 g/mol. The van der Waals surface area contributed by atoms with Crippen molar-refractivity contribution in [2.75, 3.05) is 6.61 Å². The highest BCUT2D eigenvalue weighted by Crippen LogP contribution is 2.37. The highest BCUT2D eigenvalue weighted by molar-refractivity contribution is 7.71. The largest absolute Gasteiger partial charge is 0.490 e. The average molecular weight is 490 g/mol. The molecule has 0 atom stereocenters. The minimum atomic E-state index is 0.182. The summed E-state index contributed by atoms with van der Waals surface area (Å²) in [7, 11) is 0. The van der Waals surface area contributed by atoms with Gasteiger partial charge >= 0.3 is 0 Å². The second kappa shape index (κ2) is 10.8. The molecule has 0 saturated heterocycles. The third kappa shape index (κ3) is 5.17. The highest BCUT2D eigenvalue weighted by Gasteiger charge is 2.14. The fourth-order valence-corrected chi connectivity index (χ4v) is 3.72. The summed E-state index contributed by atoms with van der Waals surface area (Å²) in [5, 5.41) is 21.2. The number of hydrogen-bond acceptors (Lipinski definition) is 6. The Kier molecular flexibility index (Phi) is 7.38. The number of ether oxygens (including phenoxy) is 2. The van der Waals surface area contributed by atoms with Crippen molar-refractivity contribution in [3.8, 4) is 29.0 Å². The Balaban J connectivity index is 1.63. The van der Waals surface area contributed by atoms with Crippen molar-refractivity contribution in [3.63, 3.8) is 0 Å². The van der Waals surface area contributed by atoms with E-state index in [-0.39, 0.29) is 6.61 Å². The second-order valence-electron chi connectivity index (χ2n) is 7.10. The topological polar surface area (TPSA) is 88.2 Å². The van der Waals surface area contributed by atoms with Crippen LogP contribution >= 0.6 is 23.8 Å². The van der Waals surface area contributed by atoms with E-state index in [4.69, 9.17) is 33.3 Å². The van der Waals surface area contributed by atoms with E-state index in [1.807, 2.05) is 55.5 Å². The van der Waals surface area contributed by atoms with Crippen LogP contribution in [-0.2, 0) is 6.61 Å². The van der Waals surface area contributed by atoms with Gasteiger partial charge in [-0.15, -0.1) is 0 Å². The summed E-state index contributed by atoms with van der Waals surface area (Å²) in [5.41, 5.74) is 2.88. The lowest BCUT2D eigenvalue weighted by Gasteiger charge is -2.15. The van der Waals surface area contributed by atoms with Crippen LogP contribution in [0.4, 0.5) is 0 Å². The number of aromatic nitrogens is 3. The molecule has 0 aliphatic rings. The van der Waals surface area contributed by atoms with Crippen molar-refractivity contribution in [1.29, 1.82) is 5.26 Å². The number of aromatic amines is 1. The summed E-state index contributed by atoms with van der Waals surface area (Å²) in [6.45, 7) is 2.48. The Bertz CT molecular complexity index is 1420. The maximum absolute atomic E-state index is 9.31. The number of rotatable bonds is 8. The Hall–Kier alpha value is -3.93. The van der Waals surface area contributed by atoms with Crippen LogP contribution in [0.5, 0.6) is 11.5 Å². The Morgan fingerprint density at radius 2 is 1.91 bits per heavy atom. The smallest absolute Gasteiger partial charge is 0.216 e. The Morgan fingerprint density at radius 3 is 2.68 bits per heavy atom. The first-order chi connectivity index (χ1) is 16.6. The summed E-state index contributed by atoms with van der Waals surface area (Å²) in [6.07, 6.45) is 1.63. The molecule has 34 heavy (non-hydrogen) atoms. The number of nitriles is 1. The van der Waals surface area contributed by atoms with Crippen LogP contribution in [-0.4, -0.2) is 27.7 Å². The van der Waals surface area contributed by atoms with E-state index in [0.29, 0.717) is 44.9 Å². The molecule has 7 nitrogen and oxygen atoms in total. The zero-order valence-corrected chi connectivity index (χ0v) is 19.8. The molecule has 0 fully saturated rings. The number of hydrogen-bond donors (Lipinski definition) is 1. The minimum absolute atomic E-state index is 0.182. The van der Waals surface area contributed by atoms with Crippen molar-refractivity contribution in [1.82, 2.24) is 14.9 Å². The molecular formula is C25H20ClN5O2S. The van der Waals surface area contributed by atoms with Gasteiger partial charge in [0.05, 0.1) is 29.5 Å². The SMILES string of the molecule is CCOc1cc(C=Nn2c(-c3ccccc3)n[nH]c2=S)cc(Cl)c1OCc1ccccc1C#N. The number of H-pyrrole nitrogens is 1. The van der Waals surface area contributed by atoms with Gasteiger partial charge in [0.2, 0.25) is 4.77 Å². The first-order valence-electron chi connectivity index (χ1n) is 10.4. The maximum Gasteiger partial charge on any atom is 0.216 e. The highest BCUT2D eigenvalue weighted by atomic mass is 35.5. The zero-order chi connectivity index (χ0) is 23.9. The fourth-order valence-electron chi connectivity index (χ4n) is 3.27. The third-order valence-corrected chi connectivity index (χ3v) is 5.39. The molecule has 0 aliphatic carbocycles. The molecule has 0 spiro atoms. The van der Waals surface area contributed by atoms with Crippen LogP contribution in [0.2, 0.25) is 5.02 Å². The predicted octanol–water partition coefficient (Wildman–Crippen LogP) is 5.99. The summed E-state index contributed by atoms with van der Waals surface area (Å²) in [6, 6.07) is 22.6. The Morgan fingerprint density at radius 1 is 1.15 bits per heavy atom. The van der Waals surface area contributed by atoms with Gasteiger partial charge in [0, 0.05) is 11.1 Å². The van der Waals surface area contributed by atoms with Crippen molar-refractivity contribution in [3.05, 3.63) is 93.2 Å². The molecule has 1 aromatic heterocycles. The van der Waals surface area contributed by atoms with Crippen molar-refractivity contribution in [2.45, 2.75) is 13.5 Å². The van der Waals surface area contributed by atoms with Crippen LogP contribution in [0.3, 0.4) is 0 Å². The van der Waals surface area contributed by atoms with Gasteiger partial charge in [-0.3, -0.25) is 0 Å². The van der Waals surface area contributed by atoms with Gasteiger partial charge in [0.1, 0.15) is 6.61 Å². The second-order valence-corrected chi connectivity index (χ2v) is 7.89. The standard InChI is InChI=1S/C25H20ClN5O2S/c1-2-32-22-13-17(12-21(26)23(22)33-16-20-11-7-6-10-19(20)14-27)15-28-31-24(29-30-25(31)34)18-8-4-3-5-9-18/h3-13,15H,2,16H2,1H3,(H,30,34). The van der Waals surface area contributed by atoms with E-state index < -0.39 is 0 Å². The van der Waals surface area contributed by atoms with Crippen molar-refractivity contribution < 1.29 is 9.47 Å². The first-order valence-corrected chi connectivity index (χ1v) is 11.2. The molecule has 4 aromatic rings. The minimum Gasteiger partial charge on any atom is -0.490 e. The lowest BCUT2D eigenvalue weighted by molar-refractivity contribution is 0.269. The van der Waals surface area contributed by atoms with Gasteiger partial charge in [0.25, 0.3) is 0 Å². The molecule has 1 N–H and O–H groups in total. The van der Waals surface area contributed by atoms with Gasteiger partial charge in [-0.05, 0) is 42.9 Å². The zero-order valence-electron chi connectivity index (χ0n) is 18.2. The molecule has 3 aromatic carbocycles. The van der Waals surface area contributed by atoms with Gasteiger partial charge in [-0.1, -0.05) is 60.1 Å². The van der Waals surface area contributed by atoms with Gasteiger partial charge in [-0.2, -0.15) is 20.1 Å². The summed E-state index contributed by atoms with van der Waals surface area (Å²) < 4.78 is 13.6. The molecule has 0 radical (unpaired) electrons. The van der Waals surface area contributed by atoms with E-state index in [0.717, 1.165) is 11.1 Å². The molecule has 0 unspecified atom stereocenters. The lowest BCUT2D eigenvalue weighted by atomic mass is 10.1. The molecule has 170 valence electrons. The van der Waals surface area contributed by atoms with Crippen LogP contribution in [0.1, 0.15) is 23.6 Å². The van der Waals surface area contributed by atoms with Gasteiger partial charge < -0.3 is 9.47 Å². The van der Waals surface area contributed by atoms with Crippen LogP contribution in [0.15, 0.2) is 71.8 Å². The van der Waals surface area contributed by atoms with Gasteiger partial charge in [-0.25, -0.2) is 5.10 Å². The van der Waals surface area contributed by atoms with E-state index in [1.165, 1.54) is 0 Å². The molecule has 4 rings (SSSR count). The van der Waals surface area contributed by atoms with Gasteiger partial charge in [0.15, 0.2) is 17.3 Å². The summed E-state index contributed by atoms with van der Waals surface area (Å²) in [4.78, 5) is 0. The molecule has 0 saturated carbocycles. The average Bonchev–Trinajstić information content (AvgIpc) is 3.23. The van der Waals surface area contributed by atoms with Crippen LogP contribution in [0.25, 0.3) is 11.4 Å². The Labute approximate surface area is 206 Å². The molecule has 0 amide bonds. The number of halogens is 1. The number of nitrogens with zero attached hydrogens (tertiary/aromatic N) is 4. The maximum atomic E-state index is 9.31. The molecule has 9 heteroatoms. The van der Waals surface area contributed by atoms with E-state index in [1.54, 1.807) is 29.1 Å². The number of nitrogens with one attached hydrogen (secondary N) is 1. The van der Waals surface area contributed by atoms with Crippen molar-refractivity contribution in [2.24, 2.45) is 5.10 Å². The first kappa shape index (κ1) is 23.2. The van der Waals surface area contributed by atoms with E-state index in [9.17, 15) is 5.26 Å². The van der Waals surface area contributed by atoms with E-state index in [2.05, 4.69) is 21.4 Å². The molecule has 1 heterocycles. The van der Waals surface area contributed by atoms with Crippen molar-refractivity contribution >= 4 is 30.0 Å².